The van der Waals surface area contributed by atoms with Crippen molar-refractivity contribution in [1.82, 2.24) is 9.88 Å². The van der Waals surface area contributed by atoms with E-state index >= 15 is 0 Å². The molecule has 1 aliphatic rings. The minimum absolute atomic E-state index is 0.00301. The number of hydrogen-bond acceptors (Lipinski definition) is 6. The Kier molecular flexibility index (Phi) is 9.34. The minimum Gasteiger partial charge on any atom is -0.497 e. The lowest BCUT2D eigenvalue weighted by molar-refractivity contribution is -0.139. The number of fused-ring (bicyclic) bond motifs is 1. The number of aliphatic carboxylic acids is 1. The van der Waals surface area contributed by atoms with Crippen molar-refractivity contribution in [2.24, 2.45) is 17.6 Å². The van der Waals surface area contributed by atoms with Gasteiger partial charge in [-0.2, -0.15) is 0 Å². The molecule has 1 fully saturated rings. The van der Waals surface area contributed by atoms with Gasteiger partial charge < -0.3 is 20.5 Å². The number of nitrogens with two attached hydrogens (primary N) is 1. The van der Waals surface area contributed by atoms with E-state index in [0.29, 0.717) is 35.2 Å². The summed E-state index contributed by atoms with van der Waals surface area (Å²) in [6.07, 6.45) is 3.43. The van der Waals surface area contributed by atoms with Gasteiger partial charge in [0.15, 0.2) is 0 Å². The number of aromatic nitrogens is 1. The van der Waals surface area contributed by atoms with Crippen molar-refractivity contribution in [3.8, 4) is 5.75 Å². The lowest BCUT2D eigenvalue weighted by Crippen LogP contribution is -2.42. The predicted molar refractivity (Wildman–Crippen MR) is 142 cm³/mol. The van der Waals surface area contributed by atoms with E-state index in [1.54, 1.807) is 43.1 Å². The summed E-state index contributed by atoms with van der Waals surface area (Å²) in [7, 11) is 1.56. The Morgan fingerprint density at radius 2 is 2.11 bits per heavy atom. The molecule has 1 aliphatic heterocycles. The number of methoxy groups -OCH3 is 1. The Labute approximate surface area is 220 Å². The zero-order chi connectivity index (χ0) is 26.4. The Hall–Kier alpha value is -2.75. The first-order valence-electron chi connectivity index (χ1n) is 12.5. The summed E-state index contributed by atoms with van der Waals surface area (Å²) >= 11 is 1.60. The van der Waals surface area contributed by atoms with Gasteiger partial charge >= 0.3 is 5.97 Å². The van der Waals surface area contributed by atoms with Crippen LogP contribution in [0.3, 0.4) is 0 Å². The van der Waals surface area contributed by atoms with Crippen molar-refractivity contribution >= 4 is 28.6 Å². The molecule has 0 saturated carbocycles. The highest BCUT2D eigenvalue weighted by molar-refractivity contribution is 7.99. The first kappa shape index (κ1) is 27.3. The molecule has 2 aromatic carbocycles. The monoisotopic (exact) mass is 529 g/mol. The van der Waals surface area contributed by atoms with Gasteiger partial charge in [-0.3, -0.25) is 9.78 Å². The fourth-order valence-electron chi connectivity index (χ4n) is 5.25. The van der Waals surface area contributed by atoms with Gasteiger partial charge in [-0.1, -0.05) is 6.07 Å². The maximum atomic E-state index is 14.8. The number of piperidine rings is 1. The first-order chi connectivity index (χ1) is 17.8. The number of likely N-dealkylation sites (tertiary alicyclic amines) is 1. The number of halogens is 2. The zero-order valence-corrected chi connectivity index (χ0v) is 21.7. The molecule has 3 atom stereocenters. The number of pyridine rings is 1. The summed E-state index contributed by atoms with van der Waals surface area (Å²) in [4.78, 5) is 19.0. The maximum Gasteiger partial charge on any atom is 0.303 e. The molecule has 0 aliphatic carbocycles. The summed E-state index contributed by atoms with van der Waals surface area (Å²) in [6.45, 7) is 2.36. The lowest BCUT2D eigenvalue weighted by Gasteiger charge is -2.38. The van der Waals surface area contributed by atoms with E-state index < -0.39 is 17.8 Å². The Balaban J connectivity index is 1.37. The van der Waals surface area contributed by atoms with Crippen LogP contribution in [-0.2, 0) is 4.79 Å². The second kappa shape index (κ2) is 12.7. The summed E-state index contributed by atoms with van der Waals surface area (Å²) in [5, 5.41) is 10.2. The molecule has 0 spiro atoms. The number of thioether (sulfide) groups is 1. The molecule has 2 unspecified atom stereocenters. The zero-order valence-electron chi connectivity index (χ0n) is 20.9. The van der Waals surface area contributed by atoms with E-state index in [2.05, 4.69) is 9.88 Å². The molecule has 1 saturated heterocycles. The number of benzene rings is 2. The summed E-state index contributed by atoms with van der Waals surface area (Å²) in [5.74, 6) is 0.102. The Bertz CT molecular complexity index is 1230. The van der Waals surface area contributed by atoms with Crippen LogP contribution >= 0.6 is 11.8 Å². The number of carboxylic acids is 1. The molecule has 2 heterocycles. The molecule has 9 heteroatoms. The van der Waals surface area contributed by atoms with Crippen molar-refractivity contribution in [1.29, 1.82) is 0 Å². The maximum absolute atomic E-state index is 14.8. The van der Waals surface area contributed by atoms with Crippen LogP contribution in [0.2, 0.25) is 0 Å². The largest absolute Gasteiger partial charge is 0.497 e. The number of ether oxygens (including phenoxy) is 1. The van der Waals surface area contributed by atoms with Crippen molar-refractivity contribution in [2.75, 3.05) is 32.5 Å². The number of nitrogens with zero attached hydrogens (tertiary/aromatic N) is 2. The first-order valence-corrected chi connectivity index (χ1v) is 13.5. The molecule has 4 rings (SSSR count). The number of carboxylic acid groups (broad SMARTS) is 1. The van der Waals surface area contributed by atoms with Crippen LogP contribution in [0.5, 0.6) is 5.75 Å². The fraction of sp³-hybridized carbons (Fsp3) is 0.429. The molecular formula is C28H33F2N3O3S. The minimum atomic E-state index is -0.812. The van der Waals surface area contributed by atoms with Crippen molar-refractivity contribution in [3.05, 3.63) is 65.9 Å². The van der Waals surface area contributed by atoms with Gasteiger partial charge in [-0.25, -0.2) is 8.78 Å². The van der Waals surface area contributed by atoms with E-state index in [4.69, 9.17) is 10.5 Å². The highest BCUT2D eigenvalue weighted by Gasteiger charge is 2.31. The normalized spacial score (nSPS) is 19.1. The van der Waals surface area contributed by atoms with E-state index in [1.165, 1.54) is 18.3 Å². The van der Waals surface area contributed by atoms with Crippen LogP contribution in [-0.4, -0.2) is 53.5 Å². The third-order valence-corrected chi connectivity index (χ3v) is 8.15. The molecule has 3 N–H and O–H groups in total. The molecule has 1 aromatic heterocycles. The highest BCUT2D eigenvalue weighted by atomic mass is 32.2. The third-order valence-electron chi connectivity index (χ3n) is 7.17. The van der Waals surface area contributed by atoms with Crippen LogP contribution in [0.4, 0.5) is 8.78 Å². The van der Waals surface area contributed by atoms with Crippen LogP contribution in [0.1, 0.15) is 37.3 Å². The van der Waals surface area contributed by atoms with Gasteiger partial charge in [0.05, 0.1) is 18.8 Å². The molecular weight excluding hydrogens is 496 g/mol. The standard InChI is InChI=1S/C28H33F2N3O3S/c1-36-21-6-8-26-23(15-21)28(24(30)16-32-26)25(31)7-5-18-9-10-33(17-19(18)13-27(34)35)11-12-37-22-4-2-3-20(29)14-22/h2-4,6,8,14-16,18-19,25H,5,7,9-13,17,31H2,1H3,(H,34,35)/t18?,19?,25-/m1/s1. The number of carbonyl (C=O) groups is 1. The average Bonchev–Trinajstić information content (AvgIpc) is 2.87. The van der Waals surface area contributed by atoms with Gasteiger partial charge in [-0.15, -0.1) is 11.8 Å². The summed E-state index contributed by atoms with van der Waals surface area (Å²) in [6, 6.07) is 11.3. The topological polar surface area (TPSA) is 88.7 Å². The number of rotatable bonds is 11. The molecule has 3 aromatic rings. The van der Waals surface area contributed by atoms with Crippen LogP contribution in [0.25, 0.3) is 10.9 Å². The van der Waals surface area contributed by atoms with E-state index in [0.717, 1.165) is 36.6 Å². The average molecular weight is 530 g/mol. The van der Waals surface area contributed by atoms with Gasteiger partial charge in [0.25, 0.3) is 0 Å². The molecule has 198 valence electrons. The van der Waals surface area contributed by atoms with E-state index in [-0.39, 0.29) is 24.1 Å². The Morgan fingerprint density at radius 1 is 1.27 bits per heavy atom. The van der Waals surface area contributed by atoms with Gasteiger partial charge in [0.2, 0.25) is 0 Å². The van der Waals surface area contributed by atoms with Crippen LogP contribution < -0.4 is 10.5 Å². The van der Waals surface area contributed by atoms with E-state index in [9.17, 15) is 18.7 Å². The quantitative estimate of drug-likeness (QED) is 0.317. The fourth-order valence-corrected chi connectivity index (χ4v) is 6.21. The van der Waals surface area contributed by atoms with Gasteiger partial charge in [-0.05, 0) is 74.0 Å². The number of hydrogen-bond donors (Lipinski definition) is 2. The second-order valence-electron chi connectivity index (χ2n) is 9.60. The predicted octanol–water partition coefficient (Wildman–Crippen LogP) is 5.51. The third kappa shape index (κ3) is 7.18. The second-order valence-corrected chi connectivity index (χ2v) is 10.8. The van der Waals surface area contributed by atoms with Gasteiger partial charge in [0, 0.05) is 47.2 Å². The lowest BCUT2D eigenvalue weighted by atomic mass is 9.79. The molecule has 0 bridgehead atoms. The van der Waals surface area contributed by atoms with Crippen LogP contribution in [0, 0.1) is 23.5 Å². The summed E-state index contributed by atoms with van der Waals surface area (Å²) < 4.78 is 33.6. The molecule has 0 amide bonds. The van der Waals surface area contributed by atoms with Crippen molar-refractivity contribution in [2.45, 2.75) is 36.6 Å². The van der Waals surface area contributed by atoms with E-state index in [1.807, 2.05) is 6.07 Å². The SMILES string of the molecule is COc1ccc2ncc(F)c([C@H](N)CCC3CCN(CCSc4cccc(F)c4)CC3CC(=O)O)c2c1. The van der Waals surface area contributed by atoms with Crippen molar-refractivity contribution in [3.63, 3.8) is 0 Å². The smallest absolute Gasteiger partial charge is 0.303 e. The molecule has 6 nitrogen and oxygen atoms in total. The van der Waals surface area contributed by atoms with Gasteiger partial charge in [0.1, 0.15) is 17.4 Å². The van der Waals surface area contributed by atoms with Crippen molar-refractivity contribution < 1.29 is 23.4 Å². The Morgan fingerprint density at radius 3 is 2.86 bits per heavy atom. The molecule has 0 radical (unpaired) electrons. The van der Waals surface area contributed by atoms with Crippen LogP contribution in [0.15, 0.2) is 53.6 Å². The summed E-state index contributed by atoms with van der Waals surface area (Å²) in [5.41, 5.74) is 7.59. The highest BCUT2D eigenvalue weighted by Crippen LogP contribution is 2.35. The molecule has 37 heavy (non-hydrogen) atoms.